The number of nitrogens with zero attached hydrogens (tertiary/aromatic N) is 2. The number of aliphatic imine (C=N–C) groups is 1. The summed E-state index contributed by atoms with van der Waals surface area (Å²) in [6.45, 7) is 2.40. The van der Waals surface area contributed by atoms with E-state index in [9.17, 15) is 8.42 Å². The molecule has 0 unspecified atom stereocenters. The van der Waals surface area contributed by atoms with Gasteiger partial charge in [0.1, 0.15) is 5.84 Å². The van der Waals surface area contributed by atoms with Gasteiger partial charge in [-0.05, 0) is 63.9 Å². The lowest BCUT2D eigenvalue weighted by molar-refractivity contribution is 0.400. The standard InChI is InChI=1S/C16H25N5O2S2/c1-21(2)11-5-10-18-16(24)19-13-6-3-7-14(12-13)25(22,23)20-15-8-4-9-17-15/h3,6-7,12H,4-5,8-11H2,1-2H3,(H,17,20)(H2,18,19,24). The molecule has 0 fully saturated rings. The zero-order chi connectivity index (χ0) is 18.3. The smallest absolute Gasteiger partial charge is 0.262 e. The van der Waals surface area contributed by atoms with Crippen LogP contribution in [0.5, 0.6) is 0 Å². The number of thiocarbonyl (C=S) groups is 1. The molecule has 0 saturated heterocycles. The summed E-state index contributed by atoms with van der Waals surface area (Å²) < 4.78 is 27.4. The summed E-state index contributed by atoms with van der Waals surface area (Å²) in [6.07, 6.45) is 2.51. The van der Waals surface area contributed by atoms with E-state index in [1.165, 1.54) is 0 Å². The van der Waals surface area contributed by atoms with E-state index in [4.69, 9.17) is 12.2 Å². The highest BCUT2D eigenvalue weighted by atomic mass is 32.2. The molecule has 7 nitrogen and oxygen atoms in total. The van der Waals surface area contributed by atoms with Gasteiger partial charge in [0.2, 0.25) is 0 Å². The second kappa shape index (κ2) is 9.12. The Bertz CT molecular complexity index is 732. The molecule has 25 heavy (non-hydrogen) atoms. The first kappa shape index (κ1) is 19.6. The minimum Gasteiger partial charge on any atom is -0.362 e. The molecular formula is C16H25N5O2S2. The van der Waals surface area contributed by atoms with Gasteiger partial charge in [-0.1, -0.05) is 6.07 Å². The molecule has 1 aliphatic rings. The average molecular weight is 384 g/mol. The molecule has 1 aromatic carbocycles. The molecule has 0 spiro atoms. The fourth-order valence-electron chi connectivity index (χ4n) is 2.35. The summed E-state index contributed by atoms with van der Waals surface area (Å²) in [5.41, 5.74) is 0.626. The molecule has 0 aromatic heterocycles. The Hall–Kier alpha value is -1.71. The van der Waals surface area contributed by atoms with Crippen LogP contribution in [0.15, 0.2) is 34.2 Å². The maximum absolute atomic E-state index is 12.4. The number of rotatable bonds is 7. The molecule has 1 aliphatic heterocycles. The number of sulfonamides is 1. The molecule has 1 aromatic rings. The van der Waals surface area contributed by atoms with Crippen LogP contribution in [0.4, 0.5) is 5.69 Å². The normalized spacial score (nSPS) is 14.3. The summed E-state index contributed by atoms with van der Waals surface area (Å²) >= 11 is 5.25. The van der Waals surface area contributed by atoms with Gasteiger partial charge in [0, 0.05) is 25.2 Å². The average Bonchev–Trinajstić information content (AvgIpc) is 3.04. The van der Waals surface area contributed by atoms with Crippen LogP contribution in [0.2, 0.25) is 0 Å². The predicted molar refractivity (Wildman–Crippen MR) is 106 cm³/mol. The Morgan fingerprint density at radius 3 is 2.84 bits per heavy atom. The van der Waals surface area contributed by atoms with Crippen LogP contribution in [0.25, 0.3) is 0 Å². The molecule has 0 radical (unpaired) electrons. The van der Waals surface area contributed by atoms with Gasteiger partial charge in [0.05, 0.1) is 4.90 Å². The number of nitrogens with one attached hydrogen (secondary N) is 3. The van der Waals surface area contributed by atoms with Crippen LogP contribution in [0, 0.1) is 0 Å². The third-order valence-corrected chi connectivity index (χ3v) is 5.22. The quantitative estimate of drug-likeness (QED) is 0.487. The minimum absolute atomic E-state index is 0.183. The van der Waals surface area contributed by atoms with Crippen molar-refractivity contribution in [1.82, 2.24) is 14.9 Å². The van der Waals surface area contributed by atoms with Crippen molar-refractivity contribution in [2.45, 2.75) is 24.2 Å². The summed E-state index contributed by atoms with van der Waals surface area (Å²) in [5, 5.41) is 6.61. The first-order valence-corrected chi connectivity index (χ1v) is 10.1. The largest absolute Gasteiger partial charge is 0.362 e. The lowest BCUT2D eigenvalue weighted by atomic mass is 10.3. The molecule has 3 N–H and O–H groups in total. The lowest BCUT2D eigenvalue weighted by Gasteiger charge is -2.13. The fourth-order valence-corrected chi connectivity index (χ4v) is 3.70. The van der Waals surface area contributed by atoms with E-state index in [-0.39, 0.29) is 4.90 Å². The minimum atomic E-state index is -3.62. The molecule has 9 heteroatoms. The van der Waals surface area contributed by atoms with Crippen molar-refractivity contribution in [1.29, 1.82) is 0 Å². The van der Waals surface area contributed by atoms with Crippen LogP contribution < -0.4 is 15.4 Å². The van der Waals surface area contributed by atoms with Crippen molar-refractivity contribution in [2.75, 3.05) is 39.0 Å². The van der Waals surface area contributed by atoms with Gasteiger partial charge in [-0.2, -0.15) is 0 Å². The number of hydrogen-bond donors (Lipinski definition) is 3. The maximum atomic E-state index is 12.4. The van der Waals surface area contributed by atoms with Gasteiger partial charge in [-0.3, -0.25) is 9.71 Å². The van der Waals surface area contributed by atoms with E-state index in [1.54, 1.807) is 24.3 Å². The molecular weight excluding hydrogens is 358 g/mol. The van der Waals surface area contributed by atoms with E-state index in [0.29, 0.717) is 29.6 Å². The second-order valence-corrected chi connectivity index (χ2v) is 8.19. The van der Waals surface area contributed by atoms with Gasteiger partial charge < -0.3 is 15.5 Å². The molecule has 1 heterocycles. The zero-order valence-electron chi connectivity index (χ0n) is 14.6. The van der Waals surface area contributed by atoms with E-state index in [1.807, 2.05) is 14.1 Å². The van der Waals surface area contributed by atoms with Gasteiger partial charge in [-0.15, -0.1) is 0 Å². The Morgan fingerprint density at radius 1 is 1.36 bits per heavy atom. The van der Waals surface area contributed by atoms with Gasteiger partial charge in [0.15, 0.2) is 5.11 Å². The SMILES string of the molecule is CN(C)CCCNC(=S)Nc1cccc(S(=O)(=O)NC2=NCCC2)c1. The highest BCUT2D eigenvalue weighted by Gasteiger charge is 2.18. The molecule has 0 aliphatic carbocycles. The van der Waals surface area contributed by atoms with Crippen LogP contribution in [0.3, 0.4) is 0 Å². The molecule has 138 valence electrons. The van der Waals surface area contributed by atoms with Crippen molar-refractivity contribution in [3.05, 3.63) is 24.3 Å². The van der Waals surface area contributed by atoms with E-state index < -0.39 is 10.0 Å². The first-order chi connectivity index (χ1) is 11.9. The molecule has 2 rings (SSSR count). The second-order valence-electron chi connectivity index (χ2n) is 6.10. The third kappa shape index (κ3) is 6.60. The van der Waals surface area contributed by atoms with Gasteiger partial charge in [-0.25, -0.2) is 8.42 Å². The first-order valence-electron chi connectivity index (χ1n) is 8.22. The highest BCUT2D eigenvalue weighted by Crippen LogP contribution is 2.16. The van der Waals surface area contributed by atoms with Crippen molar-refractivity contribution < 1.29 is 8.42 Å². The molecule has 0 amide bonds. The summed E-state index contributed by atoms with van der Waals surface area (Å²) in [7, 11) is 0.421. The topological polar surface area (TPSA) is 85.8 Å². The van der Waals surface area contributed by atoms with E-state index >= 15 is 0 Å². The van der Waals surface area contributed by atoms with Gasteiger partial charge >= 0.3 is 0 Å². The number of benzene rings is 1. The highest BCUT2D eigenvalue weighted by molar-refractivity contribution is 7.90. The summed E-state index contributed by atoms with van der Waals surface area (Å²) in [4.78, 5) is 6.44. The third-order valence-electron chi connectivity index (χ3n) is 3.60. The molecule has 0 atom stereocenters. The maximum Gasteiger partial charge on any atom is 0.262 e. The monoisotopic (exact) mass is 383 g/mol. The number of hydrogen-bond acceptors (Lipinski definition) is 5. The number of amidine groups is 1. The number of anilines is 1. The van der Waals surface area contributed by atoms with Crippen molar-refractivity contribution in [2.24, 2.45) is 4.99 Å². The Balaban J connectivity index is 1.92. The zero-order valence-corrected chi connectivity index (χ0v) is 16.2. The van der Waals surface area contributed by atoms with Gasteiger partial charge in [0.25, 0.3) is 10.0 Å². The molecule has 0 bridgehead atoms. The molecule has 0 saturated carbocycles. The van der Waals surface area contributed by atoms with Crippen LogP contribution >= 0.6 is 12.2 Å². The van der Waals surface area contributed by atoms with Crippen LogP contribution in [-0.4, -0.2) is 58.0 Å². The van der Waals surface area contributed by atoms with E-state index in [2.05, 4.69) is 25.2 Å². The van der Waals surface area contributed by atoms with Crippen molar-refractivity contribution in [3.63, 3.8) is 0 Å². The van der Waals surface area contributed by atoms with Crippen LogP contribution in [0.1, 0.15) is 19.3 Å². The Morgan fingerprint density at radius 2 is 2.16 bits per heavy atom. The fraction of sp³-hybridized carbons (Fsp3) is 0.500. The van der Waals surface area contributed by atoms with Crippen molar-refractivity contribution in [3.8, 4) is 0 Å². The lowest BCUT2D eigenvalue weighted by Crippen LogP contribution is -2.31. The summed E-state index contributed by atoms with van der Waals surface area (Å²) in [5.74, 6) is 0.524. The summed E-state index contributed by atoms with van der Waals surface area (Å²) in [6, 6.07) is 6.57. The Labute approximate surface area is 154 Å². The van der Waals surface area contributed by atoms with E-state index in [0.717, 1.165) is 25.9 Å². The van der Waals surface area contributed by atoms with Crippen molar-refractivity contribution >= 4 is 38.9 Å². The van der Waals surface area contributed by atoms with Crippen LogP contribution in [-0.2, 0) is 10.0 Å². The Kier molecular flexibility index (Phi) is 7.15. The predicted octanol–water partition coefficient (Wildman–Crippen LogP) is 1.40.